The molecule has 0 spiro atoms. The number of terminal acetylenes is 1. The lowest BCUT2D eigenvalue weighted by molar-refractivity contribution is 0.229. The van der Waals surface area contributed by atoms with E-state index >= 15 is 0 Å². The van der Waals surface area contributed by atoms with Gasteiger partial charge in [0.1, 0.15) is 5.69 Å². The quantitative estimate of drug-likeness (QED) is 0.644. The van der Waals surface area contributed by atoms with Crippen LogP contribution in [0, 0.1) is 12.3 Å². The first-order chi connectivity index (χ1) is 6.30. The topological polar surface area (TPSA) is 21.1 Å². The Hall–Kier alpha value is -1.27. The highest BCUT2D eigenvalue weighted by atomic mass is 15.4. The molecule has 0 atom stereocenters. The molecular weight excluding hydrogens is 162 g/mol. The molecule has 0 saturated carbocycles. The van der Waals surface area contributed by atoms with Gasteiger partial charge in [-0.3, -0.25) is 9.58 Å². The molecular formula is C10H15N3. The average Bonchev–Trinajstić information content (AvgIpc) is 2.61. The molecule has 0 N–H and O–H groups in total. The molecule has 0 fully saturated rings. The molecule has 1 aromatic rings. The van der Waals surface area contributed by atoms with Crippen LogP contribution in [0.5, 0.6) is 0 Å². The van der Waals surface area contributed by atoms with Crippen molar-refractivity contribution in [2.45, 2.75) is 20.5 Å². The van der Waals surface area contributed by atoms with E-state index in [0.717, 1.165) is 19.8 Å². The Morgan fingerprint density at radius 1 is 1.54 bits per heavy atom. The maximum atomic E-state index is 5.22. The van der Waals surface area contributed by atoms with Gasteiger partial charge < -0.3 is 0 Å². The van der Waals surface area contributed by atoms with Gasteiger partial charge in [-0.05, 0) is 25.1 Å². The van der Waals surface area contributed by atoms with Crippen LogP contribution in [0.15, 0.2) is 12.3 Å². The summed E-state index contributed by atoms with van der Waals surface area (Å²) < 4.78 is 1.86. The highest BCUT2D eigenvalue weighted by Gasteiger charge is 2.00. The van der Waals surface area contributed by atoms with E-state index in [1.54, 1.807) is 0 Å². The first-order valence-electron chi connectivity index (χ1n) is 4.52. The first-order valence-corrected chi connectivity index (χ1v) is 4.52. The first kappa shape index (κ1) is 9.82. The van der Waals surface area contributed by atoms with E-state index < -0.39 is 0 Å². The smallest absolute Gasteiger partial charge is 0.135 e. The van der Waals surface area contributed by atoms with Gasteiger partial charge in [0.05, 0.1) is 6.67 Å². The van der Waals surface area contributed by atoms with Crippen LogP contribution >= 0.6 is 0 Å². The monoisotopic (exact) mass is 177 g/mol. The van der Waals surface area contributed by atoms with Crippen molar-refractivity contribution >= 4 is 0 Å². The van der Waals surface area contributed by atoms with Gasteiger partial charge in [-0.1, -0.05) is 13.8 Å². The Morgan fingerprint density at radius 2 is 2.23 bits per heavy atom. The molecule has 0 amide bonds. The summed E-state index contributed by atoms with van der Waals surface area (Å²) in [5.41, 5.74) is 0.701. The molecule has 0 bridgehead atoms. The van der Waals surface area contributed by atoms with Crippen molar-refractivity contribution < 1.29 is 0 Å². The number of nitrogens with zero attached hydrogens (tertiary/aromatic N) is 3. The van der Waals surface area contributed by atoms with Crippen LogP contribution in [0.4, 0.5) is 0 Å². The number of rotatable bonds is 4. The van der Waals surface area contributed by atoms with Crippen LogP contribution < -0.4 is 0 Å². The molecule has 1 aromatic heterocycles. The van der Waals surface area contributed by atoms with Gasteiger partial charge >= 0.3 is 0 Å². The van der Waals surface area contributed by atoms with E-state index in [2.05, 4.69) is 29.8 Å². The lowest BCUT2D eigenvalue weighted by atomic mass is 10.5. The van der Waals surface area contributed by atoms with E-state index in [4.69, 9.17) is 6.42 Å². The molecule has 0 unspecified atom stereocenters. The summed E-state index contributed by atoms with van der Waals surface area (Å²) in [6, 6.07) is 1.85. The third-order valence-corrected chi connectivity index (χ3v) is 2.03. The highest BCUT2D eigenvalue weighted by Crippen LogP contribution is 1.96. The third-order valence-electron chi connectivity index (χ3n) is 2.03. The molecule has 0 aliphatic carbocycles. The van der Waals surface area contributed by atoms with Gasteiger partial charge in [-0.15, -0.1) is 6.42 Å². The summed E-state index contributed by atoms with van der Waals surface area (Å²) in [5, 5.41) is 4.20. The minimum absolute atomic E-state index is 0.701. The standard InChI is InChI=1S/C10H15N3/c1-4-10-7-8-13(11-10)9-12(5-2)6-3/h1,7-8H,5-6,9H2,2-3H3. The molecule has 0 aliphatic rings. The fraction of sp³-hybridized carbons (Fsp3) is 0.500. The third kappa shape index (κ3) is 2.60. The SMILES string of the molecule is C#Cc1ccn(CN(CC)CC)n1. The van der Waals surface area contributed by atoms with Gasteiger partial charge in [0.15, 0.2) is 0 Å². The number of hydrogen-bond acceptors (Lipinski definition) is 2. The lowest BCUT2D eigenvalue weighted by Crippen LogP contribution is -2.26. The molecule has 0 saturated heterocycles. The normalized spacial score (nSPS) is 10.3. The molecule has 0 radical (unpaired) electrons. The summed E-state index contributed by atoms with van der Waals surface area (Å²) in [6.45, 7) is 7.14. The zero-order chi connectivity index (χ0) is 9.68. The van der Waals surface area contributed by atoms with E-state index in [0.29, 0.717) is 5.69 Å². The van der Waals surface area contributed by atoms with Crippen molar-refractivity contribution in [2.24, 2.45) is 0 Å². The summed E-state index contributed by atoms with van der Waals surface area (Å²) in [7, 11) is 0. The van der Waals surface area contributed by atoms with Gasteiger partial charge in [-0.25, -0.2) is 0 Å². The van der Waals surface area contributed by atoms with Crippen LogP contribution in [0.2, 0.25) is 0 Å². The van der Waals surface area contributed by atoms with E-state index in [9.17, 15) is 0 Å². The molecule has 70 valence electrons. The Morgan fingerprint density at radius 3 is 2.69 bits per heavy atom. The molecule has 0 aromatic carbocycles. The van der Waals surface area contributed by atoms with E-state index in [-0.39, 0.29) is 0 Å². The summed E-state index contributed by atoms with van der Waals surface area (Å²) in [5.74, 6) is 2.51. The second kappa shape index (κ2) is 4.68. The molecule has 3 nitrogen and oxygen atoms in total. The van der Waals surface area contributed by atoms with Crippen LogP contribution in [0.25, 0.3) is 0 Å². The van der Waals surface area contributed by atoms with Crippen LogP contribution in [0.1, 0.15) is 19.5 Å². The Labute approximate surface area is 79.4 Å². The average molecular weight is 177 g/mol. The second-order valence-electron chi connectivity index (χ2n) is 2.83. The van der Waals surface area contributed by atoms with Crippen molar-refractivity contribution in [2.75, 3.05) is 13.1 Å². The lowest BCUT2D eigenvalue weighted by Gasteiger charge is -2.17. The van der Waals surface area contributed by atoms with Crippen molar-refractivity contribution in [1.82, 2.24) is 14.7 Å². The van der Waals surface area contributed by atoms with Crippen molar-refractivity contribution in [1.29, 1.82) is 0 Å². The number of hydrogen-bond donors (Lipinski definition) is 0. The van der Waals surface area contributed by atoms with Gasteiger partial charge in [0, 0.05) is 6.20 Å². The van der Waals surface area contributed by atoms with Gasteiger partial charge in [0.2, 0.25) is 0 Å². The van der Waals surface area contributed by atoms with Crippen LogP contribution in [-0.2, 0) is 6.67 Å². The predicted octanol–water partition coefficient (Wildman–Crippen LogP) is 1.16. The maximum absolute atomic E-state index is 5.22. The minimum Gasteiger partial charge on any atom is -0.285 e. The molecule has 3 heteroatoms. The maximum Gasteiger partial charge on any atom is 0.135 e. The van der Waals surface area contributed by atoms with E-state index in [1.165, 1.54) is 0 Å². The van der Waals surface area contributed by atoms with Crippen molar-refractivity contribution in [3.05, 3.63) is 18.0 Å². The number of aromatic nitrogens is 2. The van der Waals surface area contributed by atoms with Crippen molar-refractivity contribution in [3.63, 3.8) is 0 Å². The Kier molecular flexibility index (Phi) is 3.53. The van der Waals surface area contributed by atoms with Crippen LogP contribution in [-0.4, -0.2) is 27.8 Å². The summed E-state index contributed by atoms with van der Waals surface area (Å²) >= 11 is 0. The van der Waals surface area contributed by atoms with Gasteiger partial charge in [0.25, 0.3) is 0 Å². The molecule has 1 rings (SSSR count). The van der Waals surface area contributed by atoms with Crippen LogP contribution in [0.3, 0.4) is 0 Å². The summed E-state index contributed by atoms with van der Waals surface area (Å²) in [4.78, 5) is 2.27. The zero-order valence-corrected chi connectivity index (χ0v) is 8.20. The van der Waals surface area contributed by atoms with Crippen molar-refractivity contribution in [3.8, 4) is 12.3 Å². The summed E-state index contributed by atoms with van der Waals surface area (Å²) in [6.07, 6.45) is 7.13. The van der Waals surface area contributed by atoms with Gasteiger partial charge in [-0.2, -0.15) is 5.10 Å². The molecule has 13 heavy (non-hydrogen) atoms. The fourth-order valence-electron chi connectivity index (χ4n) is 1.15. The predicted molar refractivity (Wildman–Crippen MR) is 53.1 cm³/mol. The Balaban J connectivity index is 2.58. The minimum atomic E-state index is 0.701. The largest absolute Gasteiger partial charge is 0.285 e. The zero-order valence-electron chi connectivity index (χ0n) is 8.20. The second-order valence-corrected chi connectivity index (χ2v) is 2.83. The molecule has 1 heterocycles. The highest BCUT2D eigenvalue weighted by molar-refractivity contribution is 5.21. The molecule has 0 aliphatic heterocycles. The Bertz CT molecular complexity index is 291. The van der Waals surface area contributed by atoms with E-state index in [1.807, 2.05) is 16.9 Å². The fourth-order valence-corrected chi connectivity index (χ4v) is 1.15.